The van der Waals surface area contributed by atoms with E-state index >= 15 is 0 Å². The second-order valence-corrected chi connectivity index (χ2v) is 8.12. The SMILES string of the molecule is COc1cc(/C=C(\C#N)C(=O)Nc2ccc(C)cc2[N+](=O)[O-])ccc1OCc1c(Cl)cccc1Cl. The Kier molecular flexibility index (Phi) is 8.31. The fourth-order valence-corrected chi connectivity index (χ4v) is 3.62. The van der Waals surface area contributed by atoms with E-state index in [0.717, 1.165) is 0 Å². The fourth-order valence-electron chi connectivity index (χ4n) is 3.12. The van der Waals surface area contributed by atoms with Gasteiger partial charge in [0.15, 0.2) is 11.5 Å². The van der Waals surface area contributed by atoms with E-state index in [-0.39, 0.29) is 23.6 Å². The van der Waals surface area contributed by atoms with Gasteiger partial charge in [-0.25, -0.2) is 0 Å². The summed E-state index contributed by atoms with van der Waals surface area (Å²) in [5.41, 5.74) is 1.24. The number of carbonyl (C=O) groups excluding carboxylic acids is 1. The van der Waals surface area contributed by atoms with Crippen LogP contribution in [0.1, 0.15) is 16.7 Å². The highest BCUT2D eigenvalue weighted by atomic mass is 35.5. The minimum absolute atomic E-state index is 0.00804. The number of nitro benzene ring substituents is 1. The molecule has 0 bridgehead atoms. The van der Waals surface area contributed by atoms with Crippen LogP contribution in [0.5, 0.6) is 11.5 Å². The third-order valence-corrected chi connectivity index (χ3v) is 5.60. The van der Waals surface area contributed by atoms with Crippen molar-refractivity contribution < 1.29 is 19.2 Å². The quantitative estimate of drug-likeness (QED) is 0.163. The summed E-state index contributed by atoms with van der Waals surface area (Å²) in [6.07, 6.45) is 1.34. The maximum Gasteiger partial charge on any atom is 0.293 e. The number of nitro groups is 1. The van der Waals surface area contributed by atoms with E-state index in [4.69, 9.17) is 32.7 Å². The summed E-state index contributed by atoms with van der Waals surface area (Å²) in [6, 6.07) is 16.2. The molecule has 0 saturated carbocycles. The van der Waals surface area contributed by atoms with Crippen molar-refractivity contribution in [1.82, 2.24) is 0 Å². The Balaban J connectivity index is 1.82. The summed E-state index contributed by atoms with van der Waals surface area (Å²) in [4.78, 5) is 23.4. The molecule has 0 aliphatic heterocycles. The van der Waals surface area contributed by atoms with Crippen LogP contribution in [0.3, 0.4) is 0 Å². The fraction of sp³-hybridized carbons (Fsp3) is 0.120. The number of aryl methyl sites for hydroxylation is 1. The molecule has 0 aliphatic carbocycles. The molecule has 0 unspecified atom stereocenters. The van der Waals surface area contributed by atoms with Crippen LogP contribution in [0.2, 0.25) is 10.0 Å². The molecule has 0 spiro atoms. The largest absolute Gasteiger partial charge is 0.493 e. The lowest BCUT2D eigenvalue weighted by Crippen LogP contribution is -2.14. The number of ether oxygens (including phenoxy) is 2. The van der Waals surface area contributed by atoms with E-state index in [1.165, 1.54) is 25.3 Å². The molecule has 1 amide bonds. The van der Waals surface area contributed by atoms with Gasteiger partial charge in [-0.05, 0) is 54.5 Å². The maximum absolute atomic E-state index is 12.6. The molecule has 1 N–H and O–H groups in total. The van der Waals surface area contributed by atoms with Gasteiger partial charge in [-0.1, -0.05) is 41.4 Å². The zero-order chi connectivity index (χ0) is 25.5. The highest BCUT2D eigenvalue weighted by Gasteiger charge is 2.18. The Bertz CT molecular complexity index is 1350. The van der Waals surface area contributed by atoms with Gasteiger partial charge in [0.2, 0.25) is 0 Å². The van der Waals surface area contributed by atoms with Crippen LogP contribution >= 0.6 is 23.2 Å². The van der Waals surface area contributed by atoms with Gasteiger partial charge in [0.1, 0.15) is 23.9 Å². The van der Waals surface area contributed by atoms with E-state index < -0.39 is 10.8 Å². The molecular formula is C25H19Cl2N3O5. The normalized spacial score (nSPS) is 10.9. The first-order valence-electron chi connectivity index (χ1n) is 10.2. The van der Waals surface area contributed by atoms with Gasteiger partial charge in [-0.2, -0.15) is 5.26 Å². The second kappa shape index (κ2) is 11.4. The number of nitrogens with one attached hydrogen (secondary N) is 1. The van der Waals surface area contributed by atoms with E-state index in [0.29, 0.717) is 38.2 Å². The number of nitrogens with zero attached hydrogens (tertiary/aromatic N) is 2. The van der Waals surface area contributed by atoms with Gasteiger partial charge in [0.05, 0.1) is 12.0 Å². The zero-order valence-electron chi connectivity index (χ0n) is 18.7. The highest BCUT2D eigenvalue weighted by Crippen LogP contribution is 2.32. The van der Waals surface area contributed by atoms with Crippen LogP contribution in [-0.4, -0.2) is 17.9 Å². The molecule has 35 heavy (non-hydrogen) atoms. The highest BCUT2D eigenvalue weighted by molar-refractivity contribution is 6.35. The summed E-state index contributed by atoms with van der Waals surface area (Å²) >= 11 is 12.4. The molecule has 10 heteroatoms. The molecule has 0 radical (unpaired) electrons. The van der Waals surface area contributed by atoms with Crippen molar-refractivity contribution in [2.45, 2.75) is 13.5 Å². The van der Waals surface area contributed by atoms with Gasteiger partial charge in [0.25, 0.3) is 11.6 Å². The van der Waals surface area contributed by atoms with Crippen LogP contribution in [0.25, 0.3) is 6.08 Å². The number of halogens is 2. The number of anilines is 1. The third kappa shape index (κ3) is 6.29. The number of amides is 1. The predicted octanol–water partition coefficient (Wildman–Crippen LogP) is 6.34. The topological polar surface area (TPSA) is 114 Å². The molecule has 3 aromatic rings. The van der Waals surface area contributed by atoms with E-state index in [1.807, 2.05) is 6.07 Å². The molecule has 0 aliphatic rings. The minimum atomic E-state index is -0.785. The van der Waals surface area contributed by atoms with Crippen molar-refractivity contribution in [3.05, 3.63) is 97.0 Å². The van der Waals surface area contributed by atoms with Crippen molar-refractivity contribution in [2.75, 3.05) is 12.4 Å². The molecular weight excluding hydrogens is 493 g/mol. The van der Waals surface area contributed by atoms with Crippen molar-refractivity contribution in [1.29, 1.82) is 5.26 Å². The first kappa shape index (κ1) is 25.6. The lowest BCUT2D eigenvalue weighted by atomic mass is 10.1. The first-order chi connectivity index (χ1) is 16.7. The summed E-state index contributed by atoms with van der Waals surface area (Å²) < 4.78 is 11.2. The number of benzene rings is 3. The number of hydrogen-bond acceptors (Lipinski definition) is 6. The molecule has 0 saturated heterocycles. The second-order valence-electron chi connectivity index (χ2n) is 7.30. The Morgan fingerprint density at radius 1 is 1.14 bits per heavy atom. The third-order valence-electron chi connectivity index (χ3n) is 4.90. The number of hydrogen-bond donors (Lipinski definition) is 1. The van der Waals surface area contributed by atoms with Crippen LogP contribution in [0.15, 0.2) is 60.2 Å². The van der Waals surface area contributed by atoms with Gasteiger partial charge in [-0.15, -0.1) is 0 Å². The number of rotatable bonds is 8. The first-order valence-corrected chi connectivity index (χ1v) is 10.9. The predicted molar refractivity (Wildman–Crippen MR) is 134 cm³/mol. The van der Waals surface area contributed by atoms with Crippen LogP contribution < -0.4 is 14.8 Å². The lowest BCUT2D eigenvalue weighted by Gasteiger charge is -2.13. The Hall–Kier alpha value is -4.06. The summed E-state index contributed by atoms with van der Waals surface area (Å²) in [7, 11) is 1.45. The molecule has 3 rings (SSSR count). The van der Waals surface area contributed by atoms with E-state index in [1.54, 1.807) is 49.4 Å². The molecule has 0 atom stereocenters. The van der Waals surface area contributed by atoms with Gasteiger partial charge in [0, 0.05) is 21.7 Å². The summed E-state index contributed by atoms with van der Waals surface area (Å²) in [5, 5.41) is 24.2. The van der Waals surface area contributed by atoms with Crippen molar-refractivity contribution >= 4 is 46.6 Å². The Morgan fingerprint density at radius 3 is 2.49 bits per heavy atom. The van der Waals surface area contributed by atoms with Gasteiger partial charge in [-0.3, -0.25) is 14.9 Å². The number of methoxy groups -OCH3 is 1. The van der Waals surface area contributed by atoms with Crippen molar-refractivity contribution in [3.63, 3.8) is 0 Å². The van der Waals surface area contributed by atoms with Gasteiger partial charge >= 0.3 is 0 Å². The van der Waals surface area contributed by atoms with Crippen LogP contribution in [0.4, 0.5) is 11.4 Å². The molecule has 0 fully saturated rings. The minimum Gasteiger partial charge on any atom is -0.493 e. The van der Waals surface area contributed by atoms with E-state index in [9.17, 15) is 20.2 Å². The monoisotopic (exact) mass is 511 g/mol. The zero-order valence-corrected chi connectivity index (χ0v) is 20.2. The summed E-state index contributed by atoms with van der Waals surface area (Å²) in [6.45, 7) is 1.80. The van der Waals surface area contributed by atoms with Crippen molar-refractivity contribution in [3.8, 4) is 17.6 Å². The number of nitriles is 1. The molecule has 8 nitrogen and oxygen atoms in total. The molecule has 0 aromatic heterocycles. The van der Waals surface area contributed by atoms with E-state index in [2.05, 4.69) is 5.32 Å². The average molecular weight is 512 g/mol. The summed E-state index contributed by atoms with van der Waals surface area (Å²) in [5.74, 6) is -0.0280. The average Bonchev–Trinajstić information content (AvgIpc) is 2.83. The molecule has 3 aromatic carbocycles. The number of carbonyl (C=O) groups is 1. The standard InChI is InChI=1S/C25H19Cl2N3O5/c1-15-6-8-21(22(10-15)30(32)33)29-25(31)17(13-28)11-16-7-9-23(24(12-16)34-2)35-14-18-19(26)4-3-5-20(18)27/h3-12H,14H2,1-2H3,(H,29,31)/b17-11+. The van der Waals surface area contributed by atoms with Crippen LogP contribution in [0, 0.1) is 28.4 Å². The Morgan fingerprint density at radius 2 is 1.86 bits per heavy atom. The van der Waals surface area contributed by atoms with Crippen LogP contribution in [-0.2, 0) is 11.4 Å². The Labute approximate surface area is 211 Å². The van der Waals surface area contributed by atoms with Gasteiger partial charge < -0.3 is 14.8 Å². The smallest absolute Gasteiger partial charge is 0.293 e. The molecule has 0 heterocycles. The lowest BCUT2D eigenvalue weighted by molar-refractivity contribution is -0.384. The van der Waals surface area contributed by atoms with Crippen molar-refractivity contribution in [2.24, 2.45) is 0 Å². The maximum atomic E-state index is 12.6. The molecule has 178 valence electrons.